The molecule has 0 aliphatic rings. The monoisotopic (exact) mass is 404 g/mol. The summed E-state index contributed by atoms with van der Waals surface area (Å²) in [5.41, 5.74) is -0.109. The van der Waals surface area contributed by atoms with Crippen LogP contribution >= 0.6 is 0 Å². The Kier molecular flexibility index (Phi) is 5.74. The van der Waals surface area contributed by atoms with Gasteiger partial charge in [-0.15, -0.1) is 0 Å². The second-order valence-corrected chi connectivity index (χ2v) is 9.40. The SMILES string of the molecule is CC(C)(C)S(=O)(=O)Nc1ccc(CNc2ccc(F)c(C(F)(F)F)c2)cc1. The molecule has 0 amide bonds. The predicted octanol–water partition coefficient (Wildman–Crippen LogP) is 5.00. The molecule has 0 heterocycles. The van der Waals surface area contributed by atoms with Crippen molar-refractivity contribution in [1.82, 2.24) is 0 Å². The van der Waals surface area contributed by atoms with Crippen LogP contribution in [0.2, 0.25) is 0 Å². The van der Waals surface area contributed by atoms with Crippen molar-refractivity contribution in [2.45, 2.75) is 38.2 Å². The maximum atomic E-state index is 13.3. The van der Waals surface area contributed by atoms with Gasteiger partial charge in [-0.05, 0) is 56.7 Å². The minimum atomic E-state index is -4.77. The Morgan fingerprint density at radius 3 is 2.00 bits per heavy atom. The first kappa shape index (κ1) is 21.0. The van der Waals surface area contributed by atoms with Crippen LogP contribution in [-0.2, 0) is 22.7 Å². The van der Waals surface area contributed by atoms with Gasteiger partial charge in [0.1, 0.15) is 5.82 Å². The summed E-state index contributed by atoms with van der Waals surface area (Å²) in [5, 5.41) is 2.79. The zero-order chi connectivity index (χ0) is 20.5. The van der Waals surface area contributed by atoms with Crippen LogP contribution in [0.4, 0.5) is 28.9 Å². The van der Waals surface area contributed by atoms with Crippen LogP contribution in [0.5, 0.6) is 0 Å². The number of benzene rings is 2. The fourth-order valence-corrected chi connectivity index (χ4v) is 2.81. The second-order valence-electron chi connectivity index (χ2n) is 6.96. The highest BCUT2D eigenvalue weighted by molar-refractivity contribution is 7.94. The average molecular weight is 404 g/mol. The Hall–Kier alpha value is -2.29. The molecule has 0 bridgehead atoms. The summed E-state index contributed by atoms with van der Waals surface area (Å²) in [5.74, 6) is -1.33. The summed E-state index contributed by atoms with van der Waals surface area (Å²) in [6.45, 7) is 4.91. The summed E-state index contributed by atoms with van der Waals surface area (Å²) in [4.78, 5) is 0. The lowest BCUT2D eigenvalue weighted by Crippen LogP contribution is -2.33. The van der Waals surface area contributed by atoms with E-state index in [0.717, 1.165) is 6.07 Å². The molecule has 0 saturated carbocycles. The van der Waals surface area contributed by atoms with Gasteiger partial charge in [-0.2, -0.15) is 13.2 Å². The number of nitrogens with one attached hydrogen (secondary N) is 2. The van der Waals surface area contributed by atoms with E-state index in [9.17, 15) is 26.0 Å². The fourth-order valence-electron chi connectivity index (χ4n) is 2.06. The zero-order valence-electron chi connectivity index (χ0n) is 15.0. The minimum Gasteiger partial charge on any atom is -0.381 e. The lowest BCUT2D eigenvalue weighted by Gasteiger charge is -2.20. The van der Waals surface area contributed by atoms with Crippen LogP contribution < -0.4 is 10.0 Å². The smallest absolute Gasteiger partial charge is 0.381 e. The largest absolute Gasteiger partial charge is 0.419 e. The van der Waals surface area contributed by atoms with Gasteiger partial charge in [-0.3, -0.25) is 4.72 Å². The molecular formula is C18H20F4N2O2S. The molecule has 2 N–H and O–H groups in total. The van der Waals surface area contributed by atoms with E-state index in [1.165, 1.54) is 6.07 Å². The Morgan fingerprint density at radius 1 is 0.926 bits per heavy atom. The first-order chi connectivity index (χ1) is 12.3. The van der Waals surface area contributed by atoms with Gasteiger partial charge in [0, 0.05) is 17.9 Å². The van der Waals surface area contributed by atoms with Gasteiger partial charge < -0.3 is 5.32 Å². The van der Waals surface area contributed by atoms with Gasteiger partial charge in [-0.25, -0.2) is 12.8 Å². The van der Waals surface area contributed by atoms with Gasteiger partial charge in [-0.1, -0.05) is 12.1 Å². The van der Waals surface area contributed by atoms with Gasteiger partial charge in [0.15, 0.2) is 0 Å². The third kappa shape index (κ3) is 5.35. The Morgan fingerprint density at radius 2 is 1.48 bits per heavy atom. The molecule has 0 saturated heterocycles. The lowest BCUT2D eigenvalue weighted by atomic mass is 10.1. The number of anilines is 2. The van der Waals surface area contributed by atoms with Gasteiger partial charge >= 0.3 is 6.18 Å². The third-order valence-electron chi connectivity index (χ3n) is 3.78. The molecule has 0 unspecified atom stereocenters. The van der Waals surface area contributed by atoms with E-state index >= 15 is 0 Å². The average Bonchev–Trinajstić information content (AvgIpc) is 2.53. The van der Waals surface area contributed by atoms with Crippen LogP contribution in [0, 0.1) is 5.82 Å². The normalized spacial score (nSPS) is 12.7. The molecule has 0 aliphatic heterocycles. The number of alkyl halides is 3. The van der Waals surface area contributed by atoms with Crippen molar-refractivity contribution in [2.24, 2.45) is 0 Å². The number of halogens is 4. The molecule has 0 fully saturated rings. The van der Waals surface area contributed by atoms with Gasteiger partial charge in [0.2, 0.25) is 10.0 Å². The summed E-state index contributed by atoms with van der Waals surface area (Å²) in [6.07, 6.45) is -4.77. The molecule has 4 nitrogen and oxygen atoms in total. The number of sulfonamides is 1. The van der Waals surface area contributed by atoms with Crippen molar-refractivity contribution in [3.63, 3.8) is 0 Å². The summed E-state index contributed by atoms with van der Waals surface area (Å²) in [7, 11) is -3.55. The molecule has 2 rings (SSSR count). The third-order valence-corrected chi connectivity index (χ3v) is 5.90. The number of rotatable bonds is 5. The van der Waals surface area contributed by atoms with Crippen molar-refractivity contribution in [2.75, 3.05) is 10.0 Å². The highest BCUT2D eigenvalue weighted by Gasteiger charge is 2.34. The van der Waals surface area contributed by atoms with E-state index in [-0.39, 0.29) is 12.2 Å². The fraction of sp³-hybridized carbons (Fsp3) is 0.333. The molecule has 0 aromatic heterocycles. The Labute approximate surface area is 155 Å². The molecule has 27 heavy (non-hydrogen) atoms. The molecule has 0 atom stereocenters. The first-order valence-corrected chi connectivity index (χ1v) is 9.50. The van der Waals surface area contributed by atoms with E-state index in [1.54, 1.807) is 45.0 Å². The van der Waals surface area contributed by atoms with Crippen molar-refractivity contribution in [3.05, 3.63) is 59.4 Å². The van der Waals surface area contributed by atoms with Gasteiger partial charge in [0.25, 0.3) is 0 Å². The summed E-state index contributed by atoms with van der Waals surface area (Å²) < 4.78 is 77.2. The van der Waals surface area contributed by atoms with Gasteiger partial charge in [0.05, 0.1) is 10.3 Å². The van der Waals surface area contributed by atoms with E-state index in [2.05, 4.69) is 10.0 Å². The zero-order valence-corrected chi connectivity index (χ0v) is 15.8. The van der Waals surface area contributed by atoms with E-state index in [0.29, 0.717) is 17.3 Å². The first-order valence-electron chi connectivity index (χ1n) is 8.01. The molecule has 2 aromatic rings. The number of hydrogen-bond acceptors (Lipinski definition) is 3. The van der Waals surface area contributed by atoms with Crippen LogP contribution in [0.25, 0.3) is 0 Å². The molecule has 148 valence electrons. The Balaban J connectivity index is 2.06. The van der Waals surface area contributed by atoms with Crippen molar-refractivity contribution >= 4 is 21.4 Å². The summed E-state index contributed by atoms with van der Waals surface area (Å²) in [6, 6.07) is 9.09. The van der Waals surface area contributed by atoms with Crippen molar-refractivity contribution in [3.8, 4) is 0 Å². The topological polar surface area (TPSA) is 58.2 Å². The van der Waals surface area contributed by atoms with Crippen LogP contribution in [-0.4, -0.2) is 13.2 Å². The minimum absolute atomic E-state index is 0.126. The highest BCUT2D eigenvalue weighted by Crippen LogP contribution is 2.33. The molecule has 2 aromatic carbocycles. The number of hydrogen-bond donors (Lipinski definition) is 2. The maximum absolute atomic E-state index is 13.3. The molecule has 9 heteroatoms. The molecule has 0 spiro atoms. The van der Waals surface area contributed by atoms with Crippen LogP contribution in [0.15, 0.2) is 42.5 Å². The Bertz CT molecular complexity index is 902. The molecule has 0 radical (unpaired) electrons. The standard InChI is InChI=1S/C18H20F4N2O2S/c1-17(2,3)27(25,26)24-13-6-4-12(5-7-13)11-23-14-8-9-16(19)15(10-14)18(20,21)22/h4-10,23-24H,11H2,1-3H3. The maximum Gasteiger partial charge on any atom is 0.419 e. The van der Waals surface area contributed by atoms with E-state index in [1.807, 2.05) is 0 Å². The quantitative estimate of drug-likeness (QED) is 0.690. The second kappa shape index (κ2) is 7.38. The summed E-state index contributed by atoms with van der Waals surface area (Å²) >= 11 is 0. The van der Waals surface area contributed by atoms with E-state index < -0.39 is 32.3 Å². The predicted molar refractivity (Wildman–Crippen MR) is 97.5 cm³/mol. The molecular weight excluding hydrogens is 384 g/mol. The van der Waals surface area contributed by atoms with Crippen molar-refractivity contribution < 1.29 is 26.0 Å². The van der Waals surface area contributed by atoms with Crippen LogP contribution in [0.1, 0.15) is 31.9 Å². The lowest BCUT2D eigenvalue weighted by molar-refractivity contribution is -0.139. The van der Waals surface area contributed by atoms with Crippen molar-refractivity contribution in [1.29, 1.82) is 0 Å². The highest BCUT2D eigenvalue weighted by atomic mass is 32.2. The van der Waals surface area contributed by atoms with Crippen LogP contribution in [0.3, 0.4) is 0 Å². The molecule has 0 aliphatic carbocycles. The van der Waals surface area contributed by atoms with E-state index in [4.69, 9.17) is 0 Å².